The third-order valence-corrected chi connectivity index (χ3v) is 5.65. The average molecular weight is 346 g/mol. The molecule has 6 nitrogen and oxygen atoms in total. The monoisotopic (exact) mass is 346 g/mol. The number of unbranched alkanes of at least 4 members (excludes halogenated alkanes) is 1. The molecule has 4 heterocycles. The van der Waals surface area contributed by atoms with Gasteiger partial charge in [-0.1, -0.05) is 13.3 Å². The fraction of sp³-hybridized carbons (Fsp3) is 0.588. The molecule has 3 aromatic rings. The van der Waals surface area contributed by atoms with Gasteiger partial charge in [0.1, 0.15) is 17.7 Å². The lowest BCUT2D eigenvalue weighted by molar-refractivity contribution is -0.671. The third kappa shape index (κ3) is 2.81. The highest BCUT2D eigenvalue weighted by molar-refractivity contribution is 7.19. The lowest BCUT2D eigenvalue weighted by atomic mass is 9.94. The molecule has 1 aliphatic heterocycles. The van der Waals surface area contributed by atoms with Crippen molar-refractivity contribution in [2.24, 2.45) is 0 Å². The van der Waals surface area contributed by atoms with Crippen molar-refractivity contribution in [2.75, 3.05) is 6.54 Å². The summed E-state index contributed by atoms with van der Waals surface area (Å²) in [5.41, 5.74) is 2.15. The molecule has 0 radical (unpaired) electrons. The van der Waals surface area contributed by atoms with E-state index in [9.17, 15) is 0 Å². The van der Waals surface area contributed by atoms with Gasteiger partial charge in [-0.2, -0.15) is 0 Å². The highest BCUT2D eigenvalue weighted by Crippen LogP contribution is 2.39. The van der Waals surface area contributed by atoms with Crippen molar-refractivity contribution in [1.29, 1.82) is 0 Å². The summed E-state index contributed by atoms with van der Waals surface area (Å²) >= 11 is 1.72. The Balaban J connectivity index is 1.74. The van der Waals surface area contributed by atoms with Gasteiger partial charge in [0.05, 0.1) is 24.1 Å². The highest BCUT2D eigenvalue weighted by Gasteiger charge is 2.30. The molecule has 128 valence electrons. The zero-order valence-electron chi connectivity index (χ0n) is 14.5. The second-order valence-corrected chi connectivity index (χ2v) is 8.17. The molecular formula is C17H24N5OS+. The van der Waals surface area contributed by atoms with Crippen molar-refractivity contribution in [2.45, 2.75) is 58.8 Å². The SMILES string of the molecule is CCCC[NH2+]Cc1nc2c3c4c(sc3ncn2n1)COC(C)(C)C4. The van der Waals surface area contributed by atoms with Gasteiger partial charge in [-0.25, -0.2) is 14.5 Å². The molecule has 2 N–H and O–H groups in total. The van der Waals surface area contributed by atoms with Crippen LogP contribution in [0.2, 0.25) is 0 Å². The summed E-state index contributed by atoms with van der Waals surface area (Å²) in [6.45, 7) is 9.12. The number of rotatable bonds is 5. The van der Waals surface area contributed by atoms with Crippen molar-refractivity contribution in [3.05, 3.63) is 22.6 Å². The molecule has 0 spiro atoms. The van der Waals surface area contributed by atoms with Crippen LogP contribution in [0.4, 0.5) is 0 Å². The Morgan fingerprint density at radius 3 is 3.12 bits per heavy atom. The van der Waals surface area contributed by atoms with Crippen molar-refractivity contribution >= 4 is 27.2 Å². The number of nitrogens with two attached hydrogens (primary N) is 1. The molecule has 0 saturated heterocycles. The number of thiophene rings is 1. The molecule has 0 aromatic carbocycles. The molecule has 1 aliphatic rings. The van der Waals surface area contributed by atoms with Crippen LogP contribution in [0.1, 0.15) is 49.9 Å². The highest BCUT2D eigenvalue weighted by atomic mass is 32.1. The van der Waals surface area contributed by atoms with E-state index < -0.39 is 0 Å². The zero-order chi connectivity index (χ0) is 16.7. The first kappa shape index (κ1) is 15.9. The van der Waals surface area contributed by atoms with Crippen LogP contribution in [0.3, 0.4) is 0 Å². The fourth-order valence-electron chi connectivity index (χ4n) is 3.25. The predicted octanol–water partition coefficient (Wildman–Crippen LogP) is 2.05. The van der Waals surface area contributed by atoms with E-state index in [-0.39, 0.29) is 5.60 Å². The molecule has 4 rings (SSSR count). The summed E-state index contributed by atoms with van der Waals surface area (Å²) in [5, 5.41) is 8.06. The molecule has 0 aliphatic carbocycles. The van der Waals surface area contributed by atoms with Crippen molar-refractivity contribution in [3.8, 4) is 0 Å². The molecule has 0 bridgehead atoms. The van der Waals surface area contributed by atoms with Gasteiger partial charge in [0, 0.05) is 11.3 Å². The molecule has 0 fully saturated rings. The Morgan fingerprint density at radius 2 is 2.29 bits per heavy atom. The van der Waals surface area contributed by atoms with Crippen LogP contribution < -0.4 is 5.32 Å². The first-order valence-corrected chi connectivity index (χ1v) is 9.49. The second-order valence-electron chi connectivity index (χ2n) is 7.08. The molecule has 3 aromatic heterocycles. The summed E-state index contributed by atoms with van der Waals surface area (Å²) in [4.78, 5) is 11.7. The number of ether oxygens (including phenoxy) is 1. The van der Waals surface area contributed by atoms with Crippen LogP contribution in [-0.4, -0.2) is 31.7 Å². The third-order valence-electron chi connectivity index (χ3n) is 4.54. The molecule has 0 unspecified atom stereocenters. The van der Waals surface area contributed by atoms with Crippen LogP contribution in [0.5, 0.6) is 0 Å². The smallest absolute Gasteiger partial charge is 0.206 e. The number of hydrogen-bond donors (Lipinski definition) is 1. The lowest BCUT2D eigenvalue weighted by Gasteiger charge is -2.30. The Labute approximate surface area is 145 Å². The van der Waals surface area contributed by atoms with Crippen molar-refractivity contribution in [3.63, 3.8) is 0 Å². The topological polar surface area (TPSA) is 68.9 Å². The number of quaternary nitrogens is 1. The van der Waals surface area contributed by atoms with E-state index in [0.717, 1.165) is 35.8 Å². The van der Waals surface area contributed by atoms with E-state index in [1.807, 2.05) is 4.52 Å². The largest absolute Gasteiger partial charge is 0.370 e. The second kappa shape index (κ2) is 6.06. The number of hydrogen-bond acceptors (Lipinski definition) is 5. The van der Waals surface area contributed by atoms with Crippen molar-refractivity contribution in [1.82, 2.24) is 19.6 Å². The van der Waals surface area contributed by atoms with Gasteiger partial charge in [-0.15, -0.1) is 16.4 Å². The molecule has 24 heavy (non-hydrogen) atoms. The first-order valence-electron chi connectivity index (χ1n) is 8.67. The summed E-state index contributed by atoms with van der Waals surface area (Å²) in [5.74, 6) is 0.881. The van der Waals surface area contributed by atoms with Crippen LogP contribution in [0, 0.1) is 0 Å². The van der Waals surface area contributed by atoms with Crippen molar-refractivity contribution < 1.29 is 10.1 Å². The Morgan fingerprint density at radius 1 is 1.42 bits per heavy atom. The van der Waals surface area contributed by atoms with Crippen LogP contribution in [-0.2, 0) is 24.3 Å². The van der Waals surface area contributed by atoms with Gasteiger partial charge < -0.3 is 10.1 Å². The quantitative estimate of drug-likeness (QED) is 0.718. The number of fused-ring (bicyclic) bond motifs is 5. The van der Waals surface area contributed by atoms with Gasteiger partial charge in [-0.3, -0.25) is 0 Å². The maximum atomic E-state index is 5.95. The van der Waals surface area contributed by atoms with E-state index in [4.69, 9.17) is 9.72 Å². The fourth-order valence-corrected chi connectivity index (χ4v) is 4.32. The van der Waals surface area contributed by atoms with E-state index in [1.54, 1.807) is 17.7 Å². The molecular weight excluding hydrogens is 322 g/mol. The van der Waals surface area contributed by atoms with Crippen LogP contribution in [0.25, 0.3) is 15.9 Å². The summed E-state index contributed by atoms with van der Waals surface area (Å²) in [6.07, 6.45) is 5.13. The van der Waals surface area contributed by atoms with E-state index in [2.05, 4.69) is 36.2 Å². The molecule has 0 amide bonds. The van der Waals surface area contributed by atoms with E-state index >= 15 is 0 Å². The van der Waals surface area contributed by atoms with Gasteiger partial charge in [-0.05, 0) is 25.8 Å². The first-order chi connectivity index (χ1) is 11.6. The van der Waals surface area contributed by atoms with Gasteiger partial charge in [0.2, 0.25) is 5.82 Å². The minimum atomic E-state index is -0.134. The Bertz CT molecular complexity index is 882. The molecule has 7 heteroatoms. The summed E-state index contributed by atoms with van der Waals surface area (Å²) in [7, 11) is 0. The maximum absolute atomic E-state index is 5.95. The van der Waals surface area contributed by atoms with Crippen LogP contribution in [0.15, 0.2) is 6.33 Å². The molecule has 0 atom stereocenters. The normalized spacial score (nSPS) is 16.8. The van der Waals surface area contributed by atoms with Gasteiger partial charge in [0.15, 0.2) is 5.65 Å². The average Bonchev–Trinajstić information content (AvgIpc) is 3.10. The lowest BCUT2D eigenvalue weighted by Crippen LogP contribution is -2.82. The standard InChI is InChI=1S/C17H23N5OS/c1-4-5-6-18-8-13-20-15-14-11-7-17(2,3)23-9-12(11)24-16(14)19-10-22(15)21-13/h10,18H,4-9H2,1-3H3/p+1. The minimum absolute atomic E-state index is 0.134. The zero-order valence-corrected chi connectivity index (χ0v) is 15.3. The Kier molecular flexibility index (Phi) is 4.02. The summed E-state index contributed by atoms with van der Waals surface area (Å²) in [6, 6.07) is 0. The predicted molar refractivity (Wildman–Crippen MR) is 94.1 cm³/mol. The van der Waals surface area contributed by atoms with Crippen LogP contribution >= 0.6 is 11.3 Å². The minimum Gasteiger partial charge on any atom is -0.370 e. The van der Waals surface area contributed by atoms with Gasteiger partial charge >= 0.3 is 0 Å². The maximum Gasteiger partial charge on any atom is 0.206 e. The molecule has 0 saturated carbocycles. The van der Waals surface area contributed by atoms with E-state index in [0.29, 0.717) is 6.61 Å². The van der Waals surface area contributed by atoms with E-state index in [1.165, 1.54) is 28.7 Å². The number of aromatic nitrogens is 4. The van der Waals surface area contributed by atoms with Gasteiger partial charge in [0.25, 0.3) is 0 Å². The number of nitrogens with zero attached hydrogens (tertiary/aromatic N) is 4. The summed E-state index contributed by atoms with van der Waals surface area (Å²) < 4.78 is 7.78. The Hall–Kier alpha value is -1.57.